The van der Waals surface area contributed by atoms with E-state index in [4.69, 9.17) is 4.74 Å². The first kappa shape index (κ1) is 14.5. The molecule has 1 amide bonds. The molecular formula is C14H22N2O2. The van der Waals surface area contributed by atoms with Crippen molar-refractivity contribution >= 4 is 5.91 Å². The van der Waals surface area contributed by atoms with Crippen LogP contribution >= 0.6 is 0 Å². The van der Waals surface area contributed by atoms with Gasteiger partial charge in [-0.05, 0) is 31.5 Å². The van der Waals surface area contributed by atoms with Crippen molar-refractivity contribution in [3.8, 4) is 5.75 Å². The van der Waals surface area contributed by atoms with Crippen LogP contribution in [0, 0.1) is 0 Å². The number of methoxy groups -OCH3 is 1. The van der Waals surface area contributed by atoms with E-state index in [0.29, 0.717) is 19.5 Å². The molecule has 0 fully saturated rings. The normalized spacial score (nSPS) is 11.9. The molecule has 4 heteroatoms. The van der Waals surface area contributed by atoms with Crippen molar-refractivity contribution in [2.75, 3.05) is 20.2 Å². The average Bonchev–Trinajstić information content (AvgIpc) is 2.39. The Kier molecular flexibility index (Phi) is 6.22. The van der Waals surface area contributed by atoms with Crippen LogP contribution in [0.5, 0.6) is 5.75 Å². The molecule has 1 atom stereocenters. The molecule has 0 saturated heterocycles. The Balaban J connectivity index is 2.35. The molecule has 4 nitrogen and oxygen atoms in total. The number of nitrogens with one attached hydrogen (secondary N) is 2. The average molecular weight is 250 g/mol. The quantitative estimate of drug-likeness (QED) is 0.776. The summed E-state index contributed by atoms with van der Waals surface area (Å²) in [5.41, 5.74) is 1.19. The van der Waals surface area contributed by atoms with E-state index in [0.717, 1.165) is 5.75 Å². The molecule has 0 aliphatic carbocycles. The van der Waals surface area contributed by atoms with Gasteiger partial charge < -0.3 is 15.4 Å². The smallest absolute Gasteiger partial charge is 0.221 e. The lowest BCUT2D eigenvalue weighted by molar-refractivity contribution is -0.120. The maximum Gasteiger partial charge on any atom is 0.221 e. The Morgan fingerprint density at radius 3 is 2.56 bits per heavy atom. The van der Waals surface area contributed by atoms with Crippen LogP contribution in [0.4, 0.5) is 0 Å². The Labute approximate surface area is 109 Å². The standard InChI is InChI=1S/C14H22N2O2/c1-4-15-14(17)9-10-16-11(2)12-5-7-13(18-3)8-6-12/h5-8,11,16H,4,9-10H2,1-3H3,(H,15,17)/t11-/m0/s1. The van der Waals surface area contributed by atoms with Crippen LogP contribution in [-0.4, -0.2) is 26.1 Å². The SMILES string of the molecule is CCNC(=O)CCN[C@@H](C)c1ccc(OC)cc1. The summed E-state index contributed by atoms with van der Waals surface area (Å²) in [6.07, 6.45) is 0.508. The zero-order valence-corrected chi connectivity index (χ0v) is 11.3. The van der Waals surface area contributed by atoms with Gasteiger partial charge in [0.1, 0.15) is 5.75 Å². The van der Waals surface area contributed by atoms with E-state index in [-0.39, 0.29) is 11.9 Å². The molecule has 0 aliphatic rings. The fraction of sp³-hybridized carbons (Fsp3) is 0.500. The van der Waals surface area contributed by atoms with Gasteiger partial charge in [0, 0.05) is 25.6 Å². The van der Waals surface area contributed by atoms with Crippen LogP contribution in [0.1, 0.15) is 31.9 Å². The summed E-state index contributed by atoms with van der Waals surface area (Å²) in [6.45, 7) is 5.37. The third kappa shape index (κ3) is 4.75. The highest BCUT2D eigenvalue weighted by molar-refractivity contribution is 5.75. The molecule has 2 N–H and O–H groups in total. The number of rotatable bonds is 7. The van der Waals surface area contributed by atoms with Crippen LogP contribution in [0.2, 0.25) is 0 Å². The molecule has 1 rings (SSSR count). The lowest BCUT2D eigenvalue weighted by Gasteiger charge is -2.14. The van der Waals surface area contributed by atoms with Crippen molar-refractivity contribution in [2.24, 2.45) is 0 Å². The van der Waals surface area contributed by atoms with Crippen LogP contribution in [0.25, 0.3) is 0 Å². The number of hydrogen-bond acceptors (Lipinski definition) is 3. The minimum atomic E-state index is 0.0898. The first-order chi connectivity index (χ1) is 8.67. The van der Waals surface area contributed by atoms with Crippen LogP contribution in [0.3, 0.4) is 0 Å². The number of ether oxygens (including phenoxy) is 1. The topological polar surface area (TPSA) is 50.4 Å². The summed E-state index contributed by atoms with van der Waals surface area (Å²) in [7, 11) is 1.66. The Morgan fingerprint density at radius 2 is 2.00 bits per heavy atom. The van der Waals surface area contributed by atoms with Crippen molar-refractivity contribution in [3.05, 3.63) is 29.8 Å². The van der Waals surface area contributed by atoms with E-state index in [1.165, 1.54) is 5.56 Å². The number of amides is 1. The second-order valence-electron chi connectivity index (χ2n) is 4.15. The molecule has 0 spiro atoms. The largest absolute Gasteiger partial charge is 0.497 e. The summed E-state index contributed by atoms with van der Waals surface area (Å²) in [6, 6.07) is 8.17. The molecule has 0 saturated carbocycles. The number of carbonyl (C=O) groups is 1. The van der Waals surface area contributed by atoms with Crippen molar-refractivity contribution < 1.29 is 9.53 Å². The summed E-state index contributed by atoms with van der Waals surface area (Å²) >= 11 is 0. The first-order valence-corrected chi connectivity index (χ1v) is 6.31. The Bertz CT molecular complexity index is 363. The zero-order chi connectivity index (χ0) is 13.4. The highest BCUT2D eigenvalue weighted by Crippen LogP contribution is 2.16. The van der Waals surface area contributed by atoms with E-state index >= 15 is 0 Å². The minimum absolute atomic E-state index is 0.0898. The maximum atomic E-state index is 11.3. The molecular weight excluding hydrogens is 228 g/mol. The molecule has 1 aromatic carbocycles. The second-order valence-corrected chi connectivity index (χ2v) is 4.15. The number of hydrogen-bond donors (Lipinski definition) is 2. The van der Waals surface area contributed by atoms with Gasteiger partial charge in [-0.2, -0.15) is 0 Å². The number of carbonyl (C=O) groups excluding carboxylic acids is 1. The maximum absolute atomic E-state index is 11.3. The van der Waals surface area contributed by atoms with Gasteiger partial charge in [0.2, 0.25) is 5.91 Å². The third-order valence-electron chi connectivity index (χ3n) is 2.79. The number of benzene rings is 1. The van der Waals surface area contributed by atoms with Gasteiger partial charge in [0.25, 0.3) is 0 Å². The molecule has 0 radical (unpaired) electrons. The predicted octanol–water partition coefficient (Wildman–Crippen LogP) is 1.87. The van der Waals surface area contributed by atoms with Gasteiger partial charge in [-0.3, -0.25) is 4.79 Å². The molecule has 0 unspecified atom stereocenters. The van der Waals surface area contributed by atoms with E-state index < -0.39 is 0 Å². The molecule has 0 aromatic heterocycles. The zero-order valence-electron chi connectivity index (χ0n) is 11.3. The lowest BCUT2D eigenvalue weighted by atomic mass is 10.1. The van der Waals surface area contributed by atoms with Gasteiger partial charge in [-0.25, -0.2) is 0 Å². The molecule has 100 valence electrons. The lowest BCUT2D eigenvalue weighted by Crippen LogP contribution is -2.28. The Hall–Kier alpha value is -1.55. The highest BCUT2D eigenvalue weighted by Gasteiger charge is 2.06. The molecule has 0 heterocycles. The summed E-state index contributed by atoms with van der Waals surface area (Å²) in [5, 5.41) is 6.10. The van der Waals surface area contributed by atoms with Gasteiger partial charge in [-0.15, -0.1) is 0 Å². The third-order valence-corrected chi connectivity index (χ3v) is 2.79. The second kappa shape index (κ2) is 7.71. The van der Waals surface area contributed by atoms with Gasteiger partial charge in [0.15, 0.2) is 0 Å². The van der Waals surface area contributed by atoms with Crippen molar-refractivity contribution in [1.82, 2.24) is 10.6 Å². The molecule has 0 aliphatic heterocycles. The van der Waals surface area contributed by atoms with Crippen molar-refractivity contribution in [3.63, 3.8) is 0 Å². The van der Waals surface area contributed by atoms with Crippen molar-refractivity contribution in [1.29, 1.82) is 0 Å². The summed E-state index contributed by atoms with van der Waals surface area (Å²) < 4.78 is 5.12. The van der Waals surface area contributed by atoms with Crippen molar-refractivity contribution in [2.45, 2.75) is 26.3 Å². The van der Waals surface area contributed by atoms with Gasteiger partial charge in [-0.1, -0.05) is 12.1 Å². The Morgan fingerprint density at radius 1 is 1.33 bits per heavy atom. The van der Waals surface area contributed by atoms with E-state index in [1.54, 1.807) is 7.11 Å². The molecule has 0 bridgehead atoms. The summed E-state index contributed by atoms with van der Waals surface area (Å²) in [4.78, 5) is 11.3. The van der Waals surface area contributed by atoms with Crippen LogP contribution in [-0.2, 0) is 4.79 Å². The van der Waals surface area contributed by atoms with Gasteiger partial charge >= 0.3 is 0 Å². The monoisotopic (exact) mass is 250 g/mol. The first-order valence-electron chi connectivity index (χ1n) is 6.31. The van der Waals surface area contributed by atoms with E-state index in [9.17, 15) is 4.79 Å². The van der Waals surface area contributed by atoms with Crippen LogP contribution < -0.4 is 15.4 Å². The van der Waals surface area contributed by atoms with E-state index in [2.05, 4.69) is 17.6 Å². The molecule has 18 heavy (non-hydrogen) atoms. The highest BCUT2D eigenvalue weighted by atomic mass is 16.5. The fourth-order valence-electron chi connectivity index (χ4n) is 1.70. The summed E-state index contributed by atoms with van der Waals surface area (Å²) in [5.74, 6) is 0.945. The molecule has 1 aromatic rings. The van der Waals surface area contributed by atoms with Gasteiger partial charge in [0.05, 0.1) is 7.11 Å². The predicted molar refractivity (Wildman–Crippen MR) is 72.7 cm³/mol. The minimum Gasteiger partial charge on any atom is -0.497 e. The van der Waals surface area contributed by atoms with E-state index in [1.807, 2.05) is 31.2 Å². The fourth-order valence-corrected chi connectivity index (χ4v) is 1.70. The van der Waals surface area contributed by atoms with Crippen LogP contribution in [0.15, 0.2) is 24.3 Å².